The van der Waals surface area contributed by atoms with E-state index in [9.17, 15) is 13.6 Å². The molecule has 0 aliphatic carbocycles. The first kappa shape index (κ1) is 14.0. The lowest BCUT2D eigenvalue weighted by Crippen LogP contribution is -2.09. The van der Waals surface area contributed by atoms with E-state index >= 15 is 0 Å². The number of carbonyl (C=O) groups excluding carboxylic acids is 1. The van der Waals surface area contributed by atoms with E-state index in [1.165, 1.54) is 11.3 Å². The van der Waals surface area contributed by atoms with Crippen molar-refractivity contribution < 1.29 is 18.3 Å². The summed E-state index contributed by atoms with van der Waals surface area (Å²) in [7, 11) is 0. The van der Waals surface area contributed by atoms with E-state index in [0.29, 0.717) is 0 Å². The highest BCUT2D eigenvalue weighted by molar-refractivity contribution is 9.11. The molecule has 2 aromatic rings. The van der Waals surface area contributed by atoms with Gasteiger partial charge in [0.15, 0.2) is 11.6 Å². The predicted molar refractivity (Wildman–Crippen MR) is 71.9 cm³/mol. The number of carbonyl (C=O) groups is 1. The fourth-order valence-corrected chi connectivity index (χ4v) is 2.78. The van der Waals surface area contributed by atoms with Gasteiger partial charge in [0.2, 0.25) is 0 Å². The van der Waals surface area contributed by atoms with Crippen molar-refractivity contribution in [2.75, 3.05) is 5.73 Å². The third kappa shape index (κ3) is 3.30. The SMILES string of the molecule is Nc1cc(F)c(F)cc1C(=O)OCc1ccc(Br)s1. The standard InChI is InChI=1S/C12H8BrF2NO2S/c13-11-2-1-6(19-11)5-18-12(17)7-3-8(14)9(15)4-10(7)16/h1-4H,5,16H2. The number of nitrogens with two attached hydrogens (primary N) is 1. The van der Waals surface area contributed by atoms with Crippen molar-refractivity contribution in [2.24, 2.45) is 0 Å². The van der Waals surface area contributed by atoms with Gasteiger partial charge in [-0.1, -0.05) is 0 Å². The lowest BCUT2D eigenvalue weighted by Gasteiger charge is -2.06. The summed E-state index contributed by atoms with van der Waals surface area (Å²) in [6.45, 7) is 0.0491. The summed E-state index contributed by atoms with van der Waals surface area (Å²) >= 11 is 4.69. The second kappa shape index (κ2) is 5.66. The molecule has 0 unspecified atom stereocenters. The first-order valence-electron chi connectivity index (χ1n) is 5.13. The van der Waals surface area contributed by atoms with Gasteiger partial charge in [0.25, 0.3) is 0 Å². The van der Waals surface area contributed by atoms with Crippen LogP contribution in [0.3, 0.4) is 0 Å². The van der Waals surface area contributed by atoms with Crippen LogP contribution in [0.4, 0.5) is 14.5 Å². The molecule has 1 aromatic carbocycles. The summed E-state index contributed by atoms with van der Waals surface area (Å²) in [4.78, 5) is 12.5. The van der Waals surface area contributed by atoms with E-state index < -0.39 is 17.6 Å². The highest BCUT2D eigenvalue weighted by Crippen LogP contribution is 2.23. The maximum Gasteiger partial charge on any atom is 0.340 e. The summed E-state index contributed by atoms with van der Waals surface area (Å²) in [5, 5.41) is 0. The van der Waals surface area contributed by atoms with Crippen molar-refractivity contribution in [3.63, 3.8) is 0 Å². The zero-order valence-corrected chi connectivity index (χ0v) is 11.9. The third-order valence-electron chi connectivity index (χ3n) is 2.29. The molecule has 100 valence electrons. The summed E-state index contributed by atoms with van der Waals surface area (Å²) in [5.74, 6) is -3.03. The Morgan fingerprint density at radius 2 is 2.00 bits per heavy atom. The molecule has 2 rings (SSSR count). The Kier molecular flexibility index (Phi) is 4.16. The van der Waals surface area contributed by atoms with Crippen LogP contribution in [-0.4, -0.2) is 5.97 Å². The minimum absolute atomic E-state index is 0.0491. The number of anilines is 1. The average Bonchev–Trinajstić information content (AvgIpc) is 2.77. The molecule has 1 heterocycles. The van der Waals surface area contributed by atoms with Crippen LogP contribution in [0, 0.1) is 11.6 Å². The van der Waals surface area contributed by atoms with Crippen LogP contribution >= 0.6 is 27.3 Å². The Bertz CT molecular complexity index is 630. The topological polar surface area (TPSA) is 52.3 Å². The monoisotopic (exact) mass is 347 g/mol. The molecule has 0 radical (unpaired) electrons. The van der Waals surface area contributed by atoms with Crippen molar-refractivity contribution in [3.05, 3.63) is 50.1 Å². The molecule has 0 spiro atoms. The molecule has 0 atom stereocenters. The fraction of sp³-hybridized carbons (Fsp3) is 0.0833. The van der Waals surface area contributed by atoms with Crippen molar-refractivity contribution in [1.29, 1.82) is 0 Å². The Labute approximate surface area is 120 Å². The highest BCUT2D eigenvalue weighted by Gasteiger charge is 2.16. The Hall–Kier alpha value is -1.47. The molecule has 0 amide bonds. The predicted octanol–water partition coefficient (Wildman–Crippen LogP) is 3.73. The van der Waals surface area contributed by atoms with Crippen molar-refractivity contribution in [1.82, 2.24) is 0 Å². The van der Waals surface area contributed by atoms with E-state index in [-0.39, 0.29) is 17.9 Å². The smallest absolute Gasteiger partial charge is 0.340 e. The number of hydrogen-bond donors (Lipinski definition) is 1. The number of benzene rings is 1. The summed E-state index contributed by atoms with van der Waals surface area (Å²) < 4.78 is 31.8. The van der Waals surface area contributed by atoms with E-state index in [4.69, 9.17) is 10.5 Å². The number of thiophene rings is 1. The quantitative estimate of drug-likeness (QED) is 0.679. The number of halogens is 3. The van der Waals surface area contributed by atoms with Crippen LogP contribution in [0.1, 0.15) is 15.2 Å². The third-order valence-corrected chi connectivity index (χ3v) is 3.88. The first-order valence-corrected chi connectivity index (χ1v) is 6.74. The number of rotatable bonds is 3. The summed E-state index contributed by atoms with van der Waals surface area (Å²) in [6.07, 6.45) is 0. The zero-order chi connectivity index (χ0) is 14.0. The number of esters is 1. The van der Waals surface area contributed by atoms with Crippen LogP contribution < -0.4 is 5.73 Å². The molecule has 1 aromatic heterocycles. The Morgan fingerprint density at radius 1 is 1.32 bits per heavy atom. The minimum atomic E-state index is -1.14. The molecule has 2 N–H and O–H groups in total. The first-order chi connectivity index (χ1) is 8.97. The minimum Gasteiger partial charge on any atom is -0.456 e. The van der Waals surface area contributed by atoms with Crippen LogP contribution in [0.5, 0.6) is 0 Å². The Morgan fingerprint density at radius 3 is 2.63 bits per heavy atom. The molecule has 0 fully saturated rings. The largest absolute Gasteiger partial charge is 0.456 e. The van der Waals surface area contributed by atoms with Crippen LogP contribution in [0.15, 0.2) is 28.1 Å². The lowest BCUT2D eigenvalue weighted by molar-refractivity contribution is 0.0477. The molecule has 7 heteroatoms. The van der Waals surface area contributed by atoms with E-state index in [2.05, 4.69) is 15.9 Å². The molecule has 0 bridgehead atoms. The molecule has 0 aliphatic rings. The fourth-order valence-electron chi connectivity index (χ4n) is 1.38. The molecule has 0 saturated heterocycles. The highest BCUT2D eigenvalue weighted by atomic mass is 79.9. The van der Waals surface area contributed by atoms with Gasteiger partial charge < -0.3 is 10.5 Å². The van der Waals surface area contributed by atoms with Gasteiger partial charge in [-0.2, -0.15) is 0 Å². The van der Waals surface area contributed by atoms with Crippen LogP contribution in [0.2, 0.25) is 0 Å². The molecular weight excluding hydrogens is 340 g/mol. The second-order valence-electron chi connectivity index (χ2n) is 3.64. The second-order valence-corrected chi connectivity index (χ2v) is 6.18. The van der Waals surface area contributed by atoms with Crippen LogP contribution in [-0.2, 0) is 11.3 Å². The van der Waals surface area contributed by atoms with E-state index in [1.807, 2.05) is 6.07 Å². The number of ether oxygens (including phenoxy) is 1. The Balaban J connectivity index is 2.10. The van der Waals surface area contributed by atoms with Crippen molar-refractivity contribution in [2.45, 2.75) is 6.61 Å². The maximum atomic E-state index is 13.0. The molecular formula is C12H8BrF2NO2S. The molecule has 0 aliphatic heterocycles. The normalized spacial score (nSPS) is 10.5. The van der Waals surface area contributed by atoms with Crippen LogP contribution in [0.25, 0.3) is 0 Å². The van der Waals surface area contributed by atoms with E-state index in [0.717, 1.165) is 20.8 Å². The van der Waals surface area contributed by atoms with Gasteiger partial charge in [-0.3, -0.25) is 0 Å². The maximum absolute atomic E-state index is 13.0. The zero-order valence-electron chi connectivity index (χ0n) is 9.45. The average molecular weight is 348 g/mol. The van der Waals surface area contributed by atoms with Gasteiger partial charge in [0, 0.05) is 16.6 Å². The van der Waals surface area contributed by atoms with Gasteiger partial charge in [0.05, 0.1) is 9.35 Å². The van der Waals surface area contributed by atoms with Gasteiger partial charge in [-0.15, -0.1) is 11.3 Å². The van der Waals surface area contributed by atoms with Crippen molar-refractivity contribution in [3.8, 4) is 0 Å². The van der Waals surface area contributed by atoms with Gasteiger partial charge in [-0.25, -0.2) is 13.6 Å². The van der Waals surface area contributed by atoms with Gasteiger partial charge in [0.1, 0.15) is 6.61 Å². The molecule has 0 saturated carbocycles. The molecule has 19 heavy (non-hydrogen) atoms. The summed E-state index contributed by atoms with van der Waals surface area (Å²) in [5.41, 5.74) is 5.11. The number of hydrogen-bond acceptors (Lipinski definition) is 4. The van der Waals surface area contributed by atoms with Gasteiger partial charge >= 0.3 is 5.97 Å². The summed E-state index contributed by atoms with van der Waals surface area (Å²) in [6, 6.07) is 5.10. The molecule has 3 nitrogen and oxygen atoms in total. The lowest BCUT2D eigenvalue weighted by atomic mass is 10.1. The van der Waals surface area contributed by atoms with E-state index in [1.54, 1.807) is 6.07 Å². The van der Waals surface area contributed by atoms with Gasteiger partial charge in [-0.05, 0) is 34.1 Å². The van der Waals surface area contributed by atoms with Crippen molar-refractivity contribution >= 4 is 38.9 Å². The number of nitrogen functional groups attached to an aromatic ring is 1.